The molecule has 23 heavy (non-hydrogen) atoms. The van der Waals surface area contributed by atoms with E-state index in [4.69, 9.17) is 14.7 Å². The van der Waals surface area contributed by atoms with Crippen molar-refractivity contribution in [1.82, 2.24) is 10.1 Å². The Morgan fingerprint density at radius 1 is 1.39 bits per heavy atom. The number of carbonyl (C=O) groups is 1. The van der Waals surface area contributed by atoms with Crippen molar-refractivity contribution in [1.29, 1.82) is 0 Å². The summed E-state index contributed by atoms with van der Waals surface area (Å²) in [5, 5.41) is 4.14. The molecular weight excluding hydrogens is 294 g/mol. The fourth-order valence-electron chi connectivity index (χ4n) is 3.38. The molecular formula is C17H23N3O3. The van der Waals surface area contributed by atoms with E-state index in [1.54, 1.807) is 0 Å². The molecule has 1 amide bonds. The first-order chi connectivity index (χ1) is 11.0. The van der Waals surface area contributed by atoms with E-state index < -0.39 is 0 Å². The zero-order valence-electron chi connectivity index (χ0n) is 13.9. The van der Waals surface area contributed by atoms with E-state index in [2.05, 4.69) is 12.1 Å². The lowest BCUT2D eigenvalue weighted by Gasteiger charge is -2.31. The van der Waals surface area contributed by atoms with Gasteiger partial charge < -0.3 is 19.6 Å². The second-order valence-corrected chi connectivity index (χ2v) is 6.16. The lowest BCUT2D eigenvalue weighted by atomic mass is 9.90. The van der Waals surface area contributed by atoms with Gasteiger partial charge in [-0.1, -0.05) is 12.1 Å². The standard InChI is InChI=1S/C17H23N3O3/c1-4-13-15(19-23-16(13)18)12-5-7-20(8-6-12)17(21)14-9-10(2)22-11(14)3/h9,12H,4-8,18H2,1-3H3. The Morgan fingerprint density at radius 2 is 2.09 bits per heavy atom. The number of nitrogens with zero attached hydrogens (tertiary/aromatic N) is 2. The number of anilines is 1. The van der Waals surface area contributed by atoms with Gasteiger partial charge in [0.05, 0.1) is 11.3 Å². The number of piperidine rings is 1. The molecule has 0 aliphatic carbocycles. The average molecular weight is 317 g/mol. The zero-order valence-corrected chi connectivity index (χ0v) is 13.9. The van der Waals surface area contributed by atoms with Crippen LogP contribution in [0.25, 0.3) is 0 Å². The summed E-state index contributed by atoms with van der Waals surface area (Å²) in [7, 11) is 0. The molecule has 0 aromatic carbocycles. The van der Waals surface area contributed by atoms with E-state index in [0.29, 0.717) is 36.2 Å². The van der Waals surface area contributed by atoms with Gasteiger partial charge in [-0.2, -0.15) is 0 Å². The number of amides is 1. The van der Waals surface area contributed by atoms with E-state index in [1.807, 2.05) is 24.8 Å². The summed E-state index contributed by atoms with van der Waals surface area (Å²) >= 11 is 0. The molecule has 0 spiro atoms. The van der Waals surface area contributed by atoms with E-state index in [-0.39, 0.29) is 5.91 Å². The fraction of sp³-hybridized carbons (Fsp3) is 0.529. The summed E-state index contributed by atoms with van der Waals surface area (Å²) in [6, 6.07) is 1.82. The topological polar surface area (TPSA) is 85.5 Å². The predicted molar refractivity (Wildman–Crippen MR) is 86.4 cm³/mol. The molecule has 3 rings (SSSR count). The number of aryl methyl sites for hydroxylation is 2. The third-order valence-electron chi connectivity index (χ3n) is 4.64. The van der Waals surface area contributed by atoms with Crippen LogP contribution in [0.5, 0.6) is 0 Å². The number of hydrogen-bond donors (Lipinski definition) is 1. The van der Waals surface area contributed by atoms with Gasteiger partial charge in [0.25, 0.3) is 5.91 Å². The SMILES string of the molecule is CCc1c(C2CCN(C(=O)c3cc(C)oc3C)CC2)noc1N. The Bertz CT molecular complexity index is 709. The molecule has 0 atom stereocenters. The molecule has 1 fully saturated rings. The predicted octanol–water partition coefficient (Wildman–Crippen LogP) is 3.05. The van der Waals surface area contributed by atoms with Crippen LogP contribution in [-0.2, 0) is 6.42 Å². The van der Waals surface area contributed by atoms with E-state index in [0.717, 1.165) is 36.3 Å². The molecule has 0 radical (unpaired) electrons. The van der Waals surface area contributed by atoms with Gasteiger partial charge >= 0.3 is 0 Å². The summed E-state index contributed by atoms with van der Waals surface area (Å²) < 4.78 is 10.6. The fourth-order valence-corrected chi connectivity index (χ4v) is 3.38. The summed E-state index contributed by atoms with van der Waals surface area (Å²) in [5.41, 5.74) is 8.47. The Morgan fingerprint density at radius 3 is 2.65 bits per heavy atom. The van der Waals surface area contributed by atoms with Crippen LogP contribution in [0.1, 0.15) is 58.8 Å². The van der Waals surface area contributed by atoms with E-state index >= 15 is 0 Å². The number of nitrogens with two attached hydrogens (primary N) is 1. The van der Waals surface area contributed by atoms with Crippen molar-refractivity contribution in [2.24, 2.45) is 0 Å². The number of aromatic nitrogens is 1. The highest BCUT2D eigenvalue weighted by Gasteiger charge is 2.29. The summed E-state index contributed by atoms with van der Waals surface area (Å²) in [6.45, 7) is 7.16. The molecule has 2 aromatic rings. The highest BCUT2D eigenvalue weighted by Crippen LogP contribution is 2.33. The first-order valence-corrected chi connectivity index (χ1v) is 8.11. The Kier molecular flexibility index (Phi) is 4.15. The maximum atomic E-state index is 12.6. The number of rotatable bonds is 3. The minimum atomic E-state index is 0.0492. The first kappa shape index (κ1) is 15.6. The molecule has 0 unspecified atom stereocenters. The number of furan rings is 1. The third-order valence-corrected chi connectivity index (χ3v) is 4.64. The molecule has 3 heterocycles. The molecule has 6 heteroatoms. The van der Waals surface area contributed by atoms with Crippen LogP contribution in [0.15, 0.2) is 15.0 Å². The normalized spacial score (nSPS) is 16.0. The number of nitrogen functional groups attached to an aromatic ring is 1. The van der Waals surface area contributed by atoms with E-state index in [1.165, 1.54) is 0 Å². The molecule has 0 saturated carbocycles. The summed E-state index contributed by atoms with van der Waals surface area (Å²) in [6.07, 6.45) is 2.57. The van der Waals surface area contributed by atoms with Crippen LogP contribution in [0.4, 0.5) is 5.88 Å². The maximum Gasteiger partial charge on any atom is 0.257 e. The monoisotopic (exact) mass is 317 g/mol. The highest BCUT2D eigenvalue weighted by atomic mass is 16.5. The second kappa shape index (κ2) is 6.10. The minimum absolute atomic E-state index is 0.0492. The van der Waals surface area contributed by atoms with Gasteiger partial charge in [-0.3, -0.25) is 4.79 Å². The number of hydrogen-bond acceptors (Lipinski definition) is 5. The summed E-state index contributed by atoms with van der Waals surface area (Å²) in [4.78, 5) is 14.5. The quantitative estimate of drug-likeness (QED) is 0.940. The van der Waals surface area contributed by atoms with Crippen LogP contribution >= 0.6 is 0 Å². The molecule has 0 bridgehead atoms. The molecule has 1 saturated heterocycles. The summed E-state index contributed by atoms with van der Waals surface area (Å²) in [5.74, 6) is 2.24. The van der Waals surface area contributed by atoms with Gasteiger partial charge in [0.15, 0.2) is 0 Å². The molecule has 6 nitrogen and oxygen atoms in total. The molecule has 2 aromatic heterocycles. The number of carbonyl (C=O) groups excluding carboxylic acids is 1. The zero-order chi connectivity index (χ0) is 16.6. The largest absolute Gasteiger partial charge is 0.466 e. The van der Waals surface area contributed by atoms with Gasteiger partial charge in [0.2, 0.25) is 5.88 Å². The van der Waals surface area contributed by atoms with Gasteiger partial charge in [-0.05, 0) is 39.2 Å². The van der Waals surface area contributed by atoms with Crippen LogP contribution in [0.3, 0.4) is 0 Å². The van der Waals surface area contributed by atoms with Crippen molar-refractivity contribution in [3.8, 4) is 0 Å². The van der Waals surface area contributed by atoms with Gasteiger partial charge in [-0.25, -0.2) is 0 Å². The van der Waals surface area contributed by atoms with Gasteiger partial charge in [0, 0.05) is 24.6 Å². The van der Waals surface area contributed by atoms with Gasteiger partial charge in [-0.15, -0.1) is 0 Å². The molecule has 124 valence electrons. The molecule has 1 aliphatic rings. The van der Waals surface area contributed by atoms with Crippen molar-refractivity contribution in [3.63, 3.8) is 0 Å². The van der Waals surface area contributed by atoms with Crippen LogP contribution in [-0.4, -0.2) is 29.1 Å². The third kappa shape index (κ3) is 2.85. The van der Waals surface area contributed by atoms with E-state index in [9.17, 15) is 4.79 Å². The Balaban J connectivity index is 1.68. The van der Waals surface area contributed by atoms with Crippen molar-refractivity contribution in [2.45, 2.75) is 46.0 Å². The Hall–Kier alpha value is -2.24. The van der Waals surface area contributed by atoms with Crippen molar-refractivity contribution in [2.75, 3.05) is 18.8 Å². The highest BCUT2D eigenvalue weighted by molar-refractivity contribution is 5.95. The van der Waals surface area contributed by atoms with Crippen molar-refractivity contribution < 1.29 is 13.7 Å². The Labute approximate surface area is 135 Å². The van der Waals surface area contributed by atoms with Crippen LogP contribution in [0.2, 0.25) is 0 Å². The maximum absolute atomic E-state index is 12.6. The first-order valence-electron chi connectivity index (χ1n) is 8.11. The number of likely N-dealkylation sites (tertiary alicyclic amines) is 1. The van der Waals surface area contributed by atoms with Crippen molar-refractivity contribution >= 4 is 11.8 Å². The molecule has 2 N–H and O–H groups in total. The van der Waals surface area contributed by atoms with Crippen LogP contribution < -0.4 is 5.73 Å². The van der Waals surface area contributed by atoms with Gasteiger partial charge in [0.1, 0.15) is 11.5 Å². The molecule has 1 aliphatic heterocycles. The lowest BCUT2D eigenvalue weighted by Crippen LogP contribution is -2.38. The smallest absolute Gasteiger partial charge is 0.257 e. The lowest BCUT2D eigenvalue weighted by molar-refractivity contribution is 0.0709. The average Bonchev–Trinajstić information content (AvgIpc) is 3.08. The van der Waals surface area contributed by atoms with Crippen molar-refractivity contribution in [3.05, 3.63) is 34.4 Å². The minimum Gasteiger partial charge on any atom is -0.466 e. The van der Waals surface area contributed by atoms with Crippen LogP contribution in [0, 0.1) is 13.8 Å². The second-order valence-electron chi connectivity index (χ2n) is 6.16.